The topological polar surface area (TPSA) is 92.5 Å². The fourth-order valence-corrected chi connectivity index (χ4v) is 3.88. The number of nitrogens with zero attached hydrogens (tertiary/aromatic N) is 3. The molecule has 1 fully saturated rings. The molecule has 0 aliphatic carbocycles. The third-order valence-corrected chi connectivity index (χ3v) is 5.67. The number of aromatic nitrogens is 2. The standard InChI is InChI=1S/C23H23N3O4/c1-15-4-6-16(7-5-15)14-26-20-18(3-2-10-24-20)13-19(22(26)28)21(27)25-11-8-17(9-12-25)23(29)30/h2-7,10,13,17H,8-9,11-12,14H2,1H3,(H,29,30). The lowest BCUT2D eigenvalue weighted by Gasteiger charge is -2.30. The Bertz CT molecular complexity index is 1160. The van der Waals surface area contributed by atoms with Gasteiger partial charge in [0.2, 0.25) is 0 Å². The third-order valence-electron chi connectivity index (χ3n) is 5.67. The Morgan fingerprint density at radius 1 is 1.13 bits per heavy atom. The number of carboxylic acids is 1. The van der Waals surface area contributed by atoms with Crippen molar-refractivity contribution in [3.05, 3.63) is 75.7 Å². The quantitative estimate of drug-likeness (QED) is 0.720. The van der Waals surface area contributed by atoms with E-state index in [9.17, 15) is 19.5 Å². The number of likely N-dealkylation sites (tertiary alicyclic amines) is 1. The van der Waals surface area contributed by atoms with Gasteiger partial charge in [-0.25, -0.2) is 4.98 Å². The number of aliphatic carboxylic acids is 1. The molecule has 30 heavy (non-hydrogen) atoms. The predicted molar refractivity (Wildman–Crippen MR) is 113 cm³/mol. The fraction of sp³-hybridized carbons (Fsp3) is 0.304. The van der Waals surface area contributed by atoms with Crippen molar-refractivity contribution >= 4 is 22.9 Å². The maximum atomic E-state index is 13.3. The number of aryl methyl sites for hydroxylation is 1. The summed E-state index contributed by atoms with van der Waals surface area (Å²) in [6.45, 7) is 2.98. The van der Waals surface area contributed by atoms with Gasteiger partial charge in [0.05, 0.1) is 12.5 Å². The molecule has 1 N–H and O–H groups in total. The highest BCUT2D eigenvalue weighted by Crippen LogP contribution is 2.20. The number of amides is 1. The van der Waals surface area contributed by atoms with Gasteiger partial charge in [0.25, 0.3) is 11.5 Å². The molecule has 4 rings (SSSR count). The number of hydrogen-bond acceptors (Lipinski definition) is 4. The van der Waals surface area contributed by atoms with Crippen molar-refractivity contribution in [3.63, 3.8) is 0 Å². The van der Waals surface area contributed by atoms with Crippen molar-refractivity contribution in [2.75, 3.05) is 13.1 Å². The summed E-state index contributed by atoms with van der Waals surface area (Å²) < 4.78 is 1.54. The summed E-state index contributed by atoms with van der Waals surface area (Å²) in [5.41, 5.74) is 2.32. The molecule has 1 amide bonds. The molecule has 1 aromatic carbocycles. The monoisotopic (exact) mass is 405 g/mol. The van der Waals surface area contributed by atoms with Crippen LogP contribution in [0.1, 0.15) is 34.3 Å². The van der Waals surface area contributed by atoms with E-state index in [1.807, 2.05) is 37.3 Å². The van der Waals surface area contributed by atoms with E-state index in [0.717, 1.165) is 11.1 Å². The van der Waals surface area contributed by atoms with Crippen LogP contribution in [0.15, 0.2) is 53.5 Å². The Balaban J connectivity index is 1.71. The molecular weight excluding hydrogens is 382 g/mol. The highest BCUT2D eigenvalue weighted by molar-refractivity contribution is 5.97. The van der Waals surface area contributed by atoms with Crippen LogP contribution in [0.4, 0.5) is 0 Å². The average Bonchev–Trinajstić information content (AvgIpc) is 2.76. The summed E-state index contributed by atoms with van der Waals surface area (Å²) in [7, 11) is 0. The summed E-state index contributed by atoms with van der Waals surface area (Å²) in [5.74, 6) is -1.63. The molecular formula is C23H23N3O4. The second kappa shape index (κ2) is 8.10. The van der Waals surface area contributed by atoms with Crippen molar-refractivity contribution in [1.29, 1.82) is 0 Å². The summed E-state index contributed by atoms with van der Waals surface area (Å²) in [5, 5.41) is 9.89. The molecule has 2 aromatic heterocycles. The molecule has 0 unspecified atom stereocenters. The molecule has 7 nitrogen and oxygen atoms in total. The van der Waals surface area contributed by atoms with E-state index < -0.39 is 11.9 Å². The number of carbonyl (C=O) groups is 2. The Labute approximate surface area is 173 Å². The van der Waals surface area contributed by atoms with Crippen LogP contribution in [-0.4, -0.2) is 44.5 Å². The Morgan fingerprint density at radius 3 is 2.50 bits per heavy atom. The van der Waals surface area contributed by atoms with E-state index in [1.54, 1.807) is 23.2 Å². The van der Waals surface area contributed by atoms with Crippen molar-refractivity contribution in [2.45, 2.75) is 26.3 Å². The van der Waals surface area contributed by atoms with Gasteiger partial charge in [0.15, 0.2) is 0 Å². The van der Waals surface area contributed by atoms with Gasteiger partial charge in [-0.1, -0.05) is 29.8 Å². The van der Waals surface area contributed by atoms with E-state index in [-0.39, 0.29) is 17.0 Å². The summed E-state index contributed by atoms with van der Waals surface area (Å²) in [4.78, 5) is 43.6. The summed E-state index contributed by atoms with van der Waals surface area (Å²) >= 11 is 0. The molecule has 7 heteroatoms. The van der Waals surface area contributed by atoms with Crippen LogP contribution in [0, 0.1) is 12.8 Å². The fourth-order valence-electron chi connectivity index (χ4n) is 3.88. The molecule has 0 bridgehead atoms. The van der Waals surface area contributed by atoms with Gasteiger partial charge in [-0.05, 0) is 43.5 Å². The second-order valence-electron chi connectivity index (χ2n) is 7.76. The minimum Gasteiger partial charge on any atom is -0.481 e. The lowest BCUT2D eigenvalue weighted by molar-refractivity contribution is -0.143. The number of carbonyl (C=O) groups excluding carboxylic acids is 1. The van der Waals surface area contributed by atoms with Crippen LogP contribution in [0.3, 0.4) is 0 Å². The van der Waals surface area contributed by atoms with Gasteiger partial charge in [-0.3, -0.25) is 19.0 Å². The number of pyridine rings is 2. The summed E-state index contributed by atoms with van der Waals surface area (Å²) in [6.07, 6.45) is 2.42. The van der Waals surface area contributed by atoms with Gasteiger partial charge in [-0.15, -0.1) is 0 Å². The lowest BCUT2D eigenvalue weighted by atomic mass is 9.96. The van der Waals surface area contributed by atoms with Crippen LogP contribution < -0.4 is 5.56 Å². The molecule has 0 saturated carbocycles. The van der Waals surface area contributed by atoms with Gasteiger partial charge in [0.1, 0.15) is 11.2 Å². The minimum absolute atomic E-state index is 0.0939. The Hall–Kier alpha value is -3.48. The molecule has 0 spiro atoms. The predicted octanol–water partition coefficient (Wildman–Crippen LogP) is 2.69. The van der Waals surface area contributed by atoms with E-state index in [4.69, 9.17) is 0 Å². The molecule has 0 radical (unpaired) electrons. The van der Waals surface area contributed by atoms with E-state index in [1.165, 1.54) is 4.57 Å². The van der Waals surface area contributed by atoms with Gasteiger partial charge >= 0.3 is 5.97 Å². The Kier molecular flexibility index (Phi) is 5.35. The first kappa shape index (κ1) is 19.8. The zero-order chi connectivity index (χ0) is 21.3. The number of benzene rings is 1. The van der Waals surface area contributed by atoms with E-state index in [2.05, 4.69) is 4.98 Å². The maximum Gasteiger partial charge on any atom is 0.306 e. The van der Waals surface area contributed by atoms with E-state index in [0.29, 0.717) is 43.5 Å². The smallest absolute Gasteiger partial charge is 0.306 e. The molecule has 1 aliphatic heterocycles. The molecule has 1 saturated heterocycles. The number of carboxylic acid groups (broad SMARTS) is 1. The zero-order valence-corrected chi connectivity index (χ0v) is 16.7. The maximum absolute atomic E-state index is 13.3. The van der Waals surface area contributed by atoms with Crippen LogP contribution in [0.2, 0.25) is 0 Å². The Morgan fingerprint density at radius 2 is 1.83 bits per heavy atom. The van der Waals surface area contributed by atoms with Crippen LogP contribution in [0.5, 0.6) is 0 Å². The molecule has 1 aliphatic rings. The molecule has 3 aromatic rings. The summed E-state index contributed by atoms with van der Waals surface area (Å²) in [6, 6.07) is 13.1. The van der Waals surface area contributed by atoms with Crippen molar-refractivity contribution in [2.24, 2.45) is 5.92 Å². The largest absolute Gasteiger partial charge is 0.481 e. The molecule has 154 valence electrons. The number of rotatable bonds is 4. The van der Waals surface area contributed by atoms with Crippen molar-refractivity contribution < 1.29 is 14.7 Å². The highest BCUT2D eigenvalue weighted by atomic mass is 16.4. The first-order valence-electron chi connectivity index (χ1n) is 10.0. The van der Waals surface area contributed by atoms with Gasteiger partial charge < -0.3 is 10.0 Å². The van der Waals surface area contributed by atoms with Crippen LogP contribution in [0.25, 0.3) is 11.0 Å². The zero-order valence-electron chi connectivity index (χ0n) is 16.7. The van der Waals surface area contributed by atoms with Crippen molar-refractivity contribution in [1.82, 2.24) is 14.5 Å². The highest BCUT2D eigenvalue weighted by Gasteiger charge is 2.29. The number of hydrogen-bond donors (Lipinski definition) is 1. The molecule has 0 atom stereocenters. The van der Waals surface area contributed by atoms with Crippen molar-refractivity contribution in [3.8, 4) is 0 Å². The van der Waals surface area contributed by atoms with Gasteiger partial charge in [0, 0.05) is 24.7 Å². The normalized spacial score (nSPS) is 14.8. The minimum atomic E-state index is -0.834. The number of piperidine rings is 1. The van der Waals surface area contributed by atoms with Crippen LogP contribution in [-0.2, 0) is 11.3 Å². The van der Waals surface area contributed by atoms with E-state index >= 15 is 0 Å². The second-order valence-corrected chi connectivity index (χ2v) is 7.76. The first-order valence-corrected chi connectivity index (χ1v) is 10.0. The average molecular weight is 405 g/mol. The SMILES string of the molecule is Cc1ccc(Cn2c(=O)c(C(=O)N3CCC(C(=O)O)CC3)cc3cccnc32)cc1. The first-order chi connectivity index (χ1) is 14.4. The number of fused-ring (bicyclic) bond motifs is 1. The third kappa shape index (κ3) is 3.83. The lowest BCUT2D eigenvalue weighted by Crippen LogP contribution is -2.42. The van der Waals surface area contributed by atoms with Crippen LogP contribution >= 0.6 is 0 Å². The molecule has 3 heterocycles. The van der Waals surface area contributed by atoms with Gasteiger partial charge in [-0.2, -0.15) is 0 Å².